The number of carbonyl (C=O) groups excluding carboxylic acids is 1. The number of rotatable bonds is 7. The third-order valence-electron chi connectivity index (χ3n) is 2.17. The van der Waals surface area contributed by atoms with E-state index in [2.05, 4.69) is 5.32 Å². The van der Waals surface area contributed by atoms with Crippen LogP contribution in [0.15, 0.2) is 0 Å². The fraction of sp³-hybridized carbons (Fsp3) is 0.875. The highest BCUT2D eigenvalue weighted by Gasteiger charge is 2.53. The first-order chi connectivity index (χ1) is 11.3. The first-order valence-electron chi connectivity index (χ1n) is 8.22. The molecule has 0 heterocycles. The summed E-state index contributed by atoms with van der Waals surface area (Å²) < 4.78 is 21.3. The zero-order chi connectivity index (χ0) is 21.0. The fourth-order valence-electron chi connectivity index (χ4n) is 1.56. The Bertz CT molecular complexity index is 474. The summed E-state index contributed by atoms with van der Waals surface area (Å²) in [6.45, 7) is 14.6. The lowest BCUT2D eigenvalue weighted by molar-refractivity contribution is -0.140. The normalized spacial score (nSPS) is 14.7. The standard InChI is InChI=1S/C16H32NO8P/c1-14(2,3)23-13(20)17-11(12(18)19)10-22-26(21,24-15(4,5)6)25-16(7,8)9/h11,21H,10H2,1-9H3,(H-,17,18,19,20)/p+1/t11-/m0/s1. The molecule has 0 saturated carbocycles. The van der Waals surface area contributed by atoms with Gasteiger partial charge in [-0.15, -0.1) is 9.05 Å². The summed E-state index contributed by atoms with van der Waals surface area (Å²) in [6, 6.07) is -1.46. The number of carbonyl (C=O) groups is 2. The SMILES string of the molecule is CC(C)(C)OC(=O)N[C@@H](CO[P+](O)(OC(C)(C)C)OC(C)(C)C)C(=O)O. The smallest absolute Gasteiger partial charge is 0.480 e. The van der Waals surface area contributed by atoms with E-state index in [0.29, 0.717) is 0 Å². The van der Waals surface area contributed by atoms with Gasteiger partial charge in [0.05, 0.1) is 0 Å². The lowest BCUT2D eigenvalue weighted by Gasteiger charge is -2.28. The Morgan fingerprint density at radius 1 is 0.923 bits per heavy atom. The molecule has 10 heteroatoms. The van der Waals surface area contributed by atoms with Crippen molar-refractivity contribution in [3.05, 3.63) is 0 Å². The van der Waals surface area contributed by atoms with E-state index in [1.807, 2.05) is 0 Å². The van der Waals surface area contributed by atoms with Crippen LogP contribution >= 0.6 is 8.17 Å². The molecule has 26 heavy (non-hydrogen) atoms. The lowest BCUT2D eigenvalue weighted by Crippen LogP contribution is -2.46. The number of hydrogen-bond acceptors (Lipinski definition) is 7. The van der Waals surface area contributed by atoms with Gasteiger partial charge >= 0.3 is 20.2 Å². The molecule has 1 atom stereocenters. The number of carboxylic acids is 1. The van der Waals surface area contributed by atoms with Crippen LogP contribution in [0.1, 0.15) is 62.3 Å². The molecule has 0 spiro atoms. The second kappa shape index (κ2) is 8.80. The van der Waals surface area contributed by atoms with E-state index in [9.17, 15) is 19.6 Å². The molecular formula is C16H33NO8P+. The Kier molecular flexibility index (Phi) is 8.46. The van der Waals surface area contributed by atoms with Gasteiger partial charge in [0.15, 0.2) is 6.04 Å². The highest BCUT2D eigenvalue weighted by atomic mass is 31.2. The van der Waals surface area contributed by atoms with Crippen molar-refractivity contribution in [2.75, 3.05) is 6.61 Å². The van der Waals surface area contributed by atoms with Crippen LogP contribution in [0.3, 0.4) is 0 Å². The second-order valence-corrected chi connectivity index (χ2v) is 10.3. The van der Waals surface area contributed by atoms with E-state index in [-0.39, 0.29) is 0 Å². The highest BCUT2D eigenvalue weighted by Crippen LogP contribution is 2.62. The zero-order valence-corrected chi connectivity index (χ0v) is 18.0. The Balaban J connectivity index is 5.13. The van der Waals surface area contributed by atoms with Gasteiger partial charge in [0.1, 0.15) is 23.4 Å². The monoisotopic (exact) mass is 398 g/mol. The number of nitrogens with one attached hydrogen (secondary N) is 1. The van der Waals surface area contributed by atoms with Gasteiger partial charge in [-0.2, -0.15) is 9.42 Å². The molecule has 0 aromatic carbocycles. The van der Waals surface area contributed by atoms with Gasteiger partial charge in [-0.1, -0.05) is 0 Å². The summed E-state index contributed by atoms with van der Waals surface area (Å²) in [5.74, 6) is -1.35. The van der Waals surface area contributed by atoms with Gasteiger partial charge in [0, 0.05) is 0 Å². The zero-order valence-electron chi connectivity index (χ0n) is 17.1. The van der Waals surface area contributed by atoms with Gasteiger partial charge in [-0.25, -0.2) is 9.59 Å². The molecule has 1 amide bonds. The summed E-state index contributed by atoms with van der Waals surface area (Å²) >= 11 is 0. The third-order valence-corrected chi connectivity index (χ3v) is 4.20. The van der Waals surface area contributed by atoms with Crippen LogP contribution in [-0.2, 0) is 23.1 Å². The molecule has 0 aromatic heterocycles. The third kappa shape index (κ3) is 12.4. The number of carboxylic acid groups (broad SMARTS) is 1. The fourth-order valence-corrected chi connectivity index (χ4v) is 3.42. The molecule has 0 saturated heterocycles. The van der Waals surface area contributed by atoms with Gasteiger partial charge in [0.2, 0.25) is 0 Å². The van der Waals surface area contributed by atoms with Crippen LogP contribution in [0, 0.1) is 0 Å². The Hall–Kier alpha value is -0.990. The second-order valence-electron chi connectivity index (χ2n) is 8.71. The molecular weight excluding hydrogens is 365 g/mol. The van der Waals surface area contributed by atoms with Crippen molar-refractivity contribution >= 4 is 20.2 Å². The first-order valence-corrected chi connectivity index (χ1v) is 9.72. The van der Waals surface area contributed by atoms with Gasteiger partial charge in [0.25, 0.3) is 0 Å². The molecule has 0 aliphatic heterocycles. The predicted molar refractivity (Wildman–Crippen MR) is 97.6 cm³/mol. The number of alkyl carbamates (subject to hydrolysis) is 1. The number of amides is 1. The molecule has 9 nitrogen and oxygen atoms in total. The average Bonchev–Trinajstić information content (AvgIpc) is 2.26. The van der Waals surface area contributed by atoms with Gasteiger partial charge in [-0.3, -0.25) is 0 Å². The Morgan fingerprint density at radius 2 is 1.35 bits per heavy atom. The number of aliphatic carboxylic acids is 1. The minimum absolute atomic E-state index is 0.564. The quantitative estimate of drug-likeness (QED) is 0.558. The molecule has 0 fully saturated rings. The molecule has 0 aliphatic rings. The maximum Gasteiger partial charge on any atom is 0.573 e. The van der Waals surface area contributed by atoms with E-state index < -0.39 is 49.7 Å². The largest absolute Gasteiger partial charge is 0.573 e. The van der Waals surface area contributed by atoms with E-state index >= 15 is 0 Å². The summed E-state index contributed by atoms with van der Waals surface area (Å²) in [4.78, 5) is 33.8. The minimum Gasteiger partial charge on any atom is -0.480 e. The van der Waals surface area contributed by atoms with Crippen LogP contribution in [-0.4, -0.2) is 51.5 Å². The lowest BCUT2D eigenvalue weighted by atomic mass is 10.2. The Labute approximate surface area is 156 Å². The minimum atomic E-state index is -3.85. The van der Waals surface area contributed by atoms with Gasteiger partial charge in [-0.05, 0) is 62.3 Å². The van der Waals surface area contributed by atoms with E-state index in [0.717, 1.165) is 0 Å². The summed E-state index contributed by atoms with van der Waals surface area (Å²) in [7, 11) is -3.85. The molecule has 0 aliphatic carbocycles. The predicted octanol–water partition coefficient (Wildman–Crippen LogP) is 3.28. The number of hydrogen-bond donors (Lipinski definition) is 3. The Morgan fingerprint density at radius 3 is 1.65 bits per heavy atom. The maximum absolute atomic E-state index is 11.8. The summed E-state index contributed by atoms with van der Waals surface area (Å²) in [5, 5.41) is 11.5. The van der Waals surface area contributed by atoms with Crippen LogP contribution in [0.5, 0.6) is 0 Å². The van der Waals surface area contributed by atoms with Crippen LogP contribution in [0.4, 0.5) is 4.79 Å². The summed E-state index contributed by atoms with van der Waals surface area (Å²) in [6.07, 6.45) is -0.913. The molecule has 154 valence electrons. The van der Waals surface area contributed by atoms with Gasteiger partial charge < -0.3 is 15.2 Å². The average molecular weight is 398 g/mol. The van der Waals surface area contributed by atoms with E-state index in [4.69, 9.17) is 18.3 Å². The van der Waals surface area contributed by atoms with Crippen molar-refractivity contribution in [2.24, 2.45) is 0 Å². The van der Waals surface area contributed by atoms with Crippen molar-refractivity contribution in [3.8, 4) is 0 Å². The van der Waals surface area contributed by atoms with Crippen molar-refractivity contribution in [1.82, 2.24) is 5.32 Å². The molecule has 0 aromatic rings. The van der Waals surface area contributed by atoms with Crippen molar-refractivity contribution in [3.63, 3.8) is 0 Å². The molecule has 3 N–H and O–H groups in total. The molecule has 0 unspecified atom stereocenters. The van der Waals surface area contributed by atoms with E-state index in [1.54, 1.807) is 62.3 Å². The van der Waals surface area contributed by atoms with Crippen LogP contribution < -0.4 is 5.32 Å². The van der Waals surface area contributed by atoms with Crippen LogP contribution in [0.25, 0.3) is 0 Å². The molecule has 0 radical (unpaired) electrons. The van der Waals surface area contributed by atoms with E-state index in [1.165, 1.54) is 0 Å². The van der Waals surface area contributed by atoms with Crippen molar-refractivity contribution in [1.29, 1.82) is 0 Å². The molecule has 0 bridgehead atoms. The highest BCUT2D eigenvalue weighted by molar-refractivity contribution is 7.55. The molecule has 0 rings (SSSR count). The van der Waals surface area contributed by atoms with Crippen LogP contribution in [0.2, 0.25) is 0 Å². The maximum atomic E-state index is 11.8. The topological polar surface area (TPSA) is 124 Å². The van der Waals surface area contributed by atoms with Crippen molar-refractivity contribution < 1.29 is 37.9 Å². The summed E-state index contributed by atoms with van der Waals surface area (Å²) in [5.41, 5.74) is -2.39. The van der Waals surface area contributed by atoms with Crippen molar-refractivity contribution in [2.45, 2.75) is 85.2 Å². The number of ether oxygens (including phenoxy) is 1. The first kappa shape index (κ1) is 25.0.